The van der Waals surface area contributed by atoms with Gasteiger partial charge in [-0.15, -0.1) is 24.2 Å². The molecule has 0 aliphatic carbocycles. The van der Waals surface area contributed by atoms with Crippen LogP contribution in [0.2, 0.25) is 0 Å². The van der Waals surface area contributed by atoms with Gasteiger partial charge in [0.05, 0.1) is 17.6 Å². The second-order valence-electron chi connectivity index (χ2n) is 6.37. The number of aromatic nitrogens is 2. The van der Waals surface area contributed by atoms with E-state index in [0.29, 0.717) is 19.6 Å². The van der Waals surface area contributed by atoms with Crippen molar-refractivity contribution in [3.05, 3.63) is 53.9 Å². The van der Waals surface area contributed by atoms with Crippen LogP contribution in [-0.4, -0.2) is 38.7 Å². The molecule has 0 saturated heterocycles. The Bertz CT molecular complexity index is 959. The van der Waals surface area contributed by atoms with Gasteiger partial charge in [-0.25, -0.2) is 4.98 Å². The van der Waals surface area contributed by atoms with E-state index in [-0.39, 0.29) is 29.4 Å². The third kappa shape index (κ3) is 5.58. The molecule has 29 heavy (non-hydrogen) atoms. The molecule has 6 nitrogen and oxygen atoms in total. The largest absolute Gasteiger partial charge is 0.508 e. The normalized spacial score (nSPS) is 11.7. The molecule has 2 aromatic carbocycles. The van der Waals surface area contributed by atoms with E-state index in [0.717, 1.165) is 28.2 Å². The Kier molecular flexibility index (Phi) is 8.22. The Hall–Kier alpha value is -2.38. The predicted molar refractivity (Wildman–Crippen MR) is 118 cm³/mol. The summed E-state index contributed by atoms with van der Waals surface area (Å²) in [5.41, 5.74) is 2.73. The van der Waals surface area contributed by atoms with Crippen molar-refractivity contribution in [1.82, 2.24) is 9.55 Å². The molecule has 156 valence electrons. The summed E-state index contributed by atoms with van der Waals surface area (Å²) in [6, 6.07) is 12.8. The first-order valence-corrected chi connectivity index (χ1v) is 10.4. The summed E-state index contributed by atoms with van der Waals surface area (Å²) in [5.74, 6) is 1.54. The fraction of sp³-hybridized carbons (Fsp3) is 0.333. The molecule has 3 aromatic rings. The average Bonchev–Trinajstić information content (AvgIpc) is 3.01. The SMILES string of the molecule is CCOC(=O)C(Cc1ccc(OCc2nc3ccc(O)cc3n2C)cc1)SC.Cl. The Balaban J connectivity index is 0.00000300. The van der Waals surface area contributed by atoms with Gasteiger partial charge in [0, 0.05) is 13.1 Å². The van der Waals surface area contributed by atoms with Crippen LogP contribution in [0.15, 0.2) is 42.5 Å². The molecule has 1 heterocycles. The molecule has 0 saturated carbocycles. The first kappa shape index (κ1) is 22.9. The molecule has 3 rings (SSSR count). The molecule has 0 aliphatic rings. The van der Waals surface area contributed by atoms with Crippen LogP contribution in [0, 0.1) is 0 Å². The molecule has 8 heteroatoms. The van der Waals surface area contributed by atoms with Crippen molar-refractivity contribution in [2.24, 2.45) is 7.05 Å². The van der Waals surface area contributed by atoms with Gasteiger partial charge in [-0.2, -0.15) is 0 Å². The maximum absolute atomic E-state index is 11.9. The summed E-state index contributed by atoms with van der Waals surface area (Å²) >= 11 is 1.49. The number of rotatable bonds is 8. The van der Waals surface area contributed by atoms with Gasteiger partial charge in [0.1, 0.15) is 29.2 Å². The summed E-state index contributed by atoms with van der Waals surface area (Å²) in [7, 11) is 1.90. The smallest absolute Gasteiger partial charge is 0.319 e. The Morgan fingerprint density at radius 2 is 1.97 bits per heavy atom. The average molecular weight is 437 g/mol. The van der Waals surface area contributed by atoms with E-state index in [1.807, 2.05) is 49.1 Å². The third-order valence-corrected chi connectivity index (χ3v) is 5.43. The standard InChI is InChI=1S/C21H24N2O4S.ClH/c1-4-26-21(25)19(28-3)11-14-5-8-16(9-6-14)27-13-20-22-17-10-7-15(24)12-18(17)23(20)2;/h5-10,12,19,24H,4,11,13H2,1-3H3;1H. The van der Waals surface area contributed by atoms with Crippen molar-refractivity contribution in [3.8, 4) is 11.5 Å². The highest BCUT2D eigenvalue weighted by Gasteiger charge is 2.19. The summed E-state index contributed by atoms with van der Waals surface area (Å²) < 4.78 is 12.9. The van der Waals surface area contributed by atoms with Crippen LogP contribution in [0.4, 0.5) is 0 Å². The lowest BCUT2D eigenvalue weighted by molar-refractivity contribution is -0.142. The molecule has 0 spiro atoms. The first-order valence-electron chi connectivity index (χ1n) is 9.07. The number of phenolic OH excluding ortho intramolecular Hbond substituents is 1. The van der Waals surface area contributed by atoms with E-state index >= 15 is 0 Å². The van der Waals surface area contributed by atoms with Gasteiger partial charge in [0.15, 0.2) is 0 Å². The number of esters is 1. The van der Waals surface area contributed by atoms with Gasteiger partial charge in [-0.1, -0.05) is 12.1 Å². The van der Waals surface area contributed by atoms with Crippen molar-refractivity contribution >= 4 is 41.2 Å². The van der Waals surface area contributed by atoms with Crippen LogP contribution in [0.25, 0.3) is 11.0 Å². The van der Waals surface area contributed by atoms with Crippen molar-refractivity contribution < 1.29 is 19.4 Å². The van der Waals surface area contributed by atoms with Crippen molar-refractivity contribution in [3.63, 3.8) is 0 Å². The number of carbonyl (C=O) groups is 1. The second kappa shape index (κ2) is 10.4. The van der Waals surface area contributed by atoms with Crippen LogP contribution in [-0.2, 0) is 29.6 Å². The quantitative estimate of drug-likeness (QED) is 0.535. The predicted octanol–water partition coefficient (Wildman–Crippen LogP) is 4.12. The molecular weight excluding hydrogens is 412 g/mol. The van der Waals surface area contributed by atoms with Gasteiger partial charge in [0.2, 0.25) is 0 Å². The lowest BCUT2D eigenvalue weighted by Crippen LogP contribution is -2.22. The Morgan fingerprint density at radius 3 is 2.62 bits per heavy atom. The monoisotopic (exact) mass is 436 g/mol. The number of hydrogen-bond donors (Lipinski definition) is 1. The number of phenols is 1. The van der Waals surface area contributed by atoms with E-state index in [4.69, 9.17) is 9.47 Å². The van der Waals surface area contributed by atoms with Crippen LogP contribution < -0.4 is 4.74 Å². The minimum atomic E-state index is -0.205. The fourth-order valence-electron chi connectivity index (χ4n) is 2.94. The summed E-state index contributed by atoms with van der Waals surface area (Å²) in [6.45, 7) is 2.53. The van der Waals surface area contributed by atoms with Crippen LogP contribution in [0.3, 0.4) is 0 Å². The minimum absolute atomic E-state index is 0. The van der Waals surface area contributed by atoms with Gasteiger partial charge >= 0.3 is 5.97 Å². The summed E-state index contributed by atoms with van der Waals surface area (Å²) in [5, 5.41) is 9.43. The second-order valence-corrected chi connectivity index (χ2v) is 7.41. The lowest BCUT2D eigenvalue weighted by atomic mass is 10.1. The van der Waals surface area contributed by atoms with Gasteiger partial charge < -0.3 is 19.1 Å². The number of aryl methyl sites for hydroxylation is 1. The zero-order valence-electron chi connectivity index (χ0n) is 16.6. The molecule has 0 aliphatic heterocycles. The highest BCUT2D eigenvalue weighted by Crippen LogP contribution is 2.22. The summed E-state index contributed by atoms with van der Waals surface area (Å²) in [6.07, 6.45) is 2.53. The third-order valence-electron chi connectivity index (χ3n) is 4.50. The van der Waals surface area contributed by atoms with Gasteiger partial charge in [0.25, 0.3) is 0 Å². The Morgan fingerprint density at radius 1 is 1.24 bits per heavy atom. The first-order chi connectivity index (χ1) is 13.5. The zero-order chi connectivity index (χ0) is 20.1. The van der Waals surface area contributed by atoms with Gasteiger partial charge in [-0.05, 0) is 49.4 Å². The maximum atomic E-state index is 11.9. The van der Waals surface area contributed by atoms with Crippen molar-refractivity contribution in [2.45, 2.75) is 25.2 Å². The number of hydrogen-bond acceptors (Lipinski definition) is 6. The minimum Gasteiger partial charge on any atom is -0.508 e. The number of thioether (sulfide) groups is 1. The van der Waals surface area contributed by atoms with E-state index in [9.17, 15) is 9.90 Å². The topological polar surface area (TPSA) is 73.6 Å². The highest BCUT2D eigenvalue weighted by atomic mass is 35.5. The number of halogens is 1. The number of carbonyl (C=O) groups excluding carboxylic acids is 1. The number of ether oxygens (including phenoxy) is 2. The van der Waals surface area contributed by atoms with Crippen molar-refractivity contribution in [2.75, 3.05) is 12.9 Å². The molecule has 1 aromatic heterocycles. The highest BCUT2D eigenvalue weighted by molar-refractivity contribution is 7.99. The van der Waals surface area contributed by atoms with Gasteiger partial charge in [-0.3, -0.25) is 4.79 Å². The summed E-state index contributed by atoms with van der Waals surface area (Å²) in [4.78, 5) is 16.5. The van der Waals surface area contributed by atoms with Crippen molar-refractivity contribution in [1.29, 1.82) is 0 Å². The molecule has 1 N–H and O–H groups in total. The Labute approximate surface area is 180 Å². The molecule has 0 radical (unpaired) electrons. The molecule has 0 amide bonds. The van der Waals surface area contributed by atoms with Crippen LogP contribution in [0.5, 0.6) is 11.5 Å². The van der Waals surface area contributed by atoms with E-state index in [2.05, 4.69) is 4.98 Å². The number of imidazole rings is 1. The number of fused-ring (bicyclic) bond motifs is 1. The van der Waals surface area contributed by atoms with E-state index in [1.54, 1.807) is 18.2 Å². The number of nitrogens with zero attached hydrogens (tertiary/aromatic N) is 2. The zero-order valence-corrected chi connectivity index (χ0v) is 18.3. The molecule has 0 bridgehead atoms. The van der Waals surface area contributed by atoms with E-state index < -0.39 is 0 Å². The number of benzene rings is 2. The molecule has 1 atom stereocenters. The van der Waals surface area contributed by atoms with Crippen LogP contribution >= 0.6 is 24.2 Å². The van der Waals surface area contributed by atoms with Crippen LogP contribution in [0.1, 0.15) is 18.3 Å². The fourth-order valence-corrected chi connectivity index (χ4v) is 3.56. The lowest BCUT2D eigenvalue weighted by Gasteiger charge is -2.13. The number of aromatic hydroxyl groups is 1. The molecular formula is C21H25ClN2O4S. The molecule has 1 unspecified atom stereocenters. The maximum Gasteiger partial charge on any atom is 0.319 e. The van der Waals surface area contributed by atoms with E-state index in [1.165, 1.54) is 11.8 Å². The molecule has 0 fully saturated rings.